The molecule has 0 aliphatic carbocycles. The number of aromatic hydroxyl groups is 2. The molecule has 9 heteroatoms. The van der Waals surface area contributed by atoms with Crippen LogP contribution in [0.15, 0.2) is 53.1 Å². The Morgan fingerprint density at radius 3 is 2.43 bits per heavy atom. The minimum Gasteiger partial charge on any atom is -0.507 e. The molecule has 9 nitrogen and oxygen atoms in total. The van der Waals surface area contributed by atoms with Gasteiger partial charge >= 0.3 is 0 Å². The summed E-state index contributed by atoms with van der Waals surface area (Å²) in [5.74, 6) is -0.387. The van der Waals surface area contributed by atoms with E-state index in [4.69, 9.17) is 9.15 Å². The van der Waals surface area contributed by atoms with Crippen LogP contribution in [0, 0.1) is 0 Å². The zero-order valence-corrected chi connectivity index (χ0v) is 21.4. The van der Waals surface area contributed by atoms with Crippen molar-refractivity contribution in [1.82, 2.24) is 14.7 Å². The number of rotatable bonds is 10. The lowest BCUT2D eigenvalue weighted by atomic mass is 10.1. The first-order valence-electron chi connectivity index (χ1n) is 12.4. The Balaban J connectivity index is 1.45. The average Bonchev–Trinajstić information content (AvgIpc) is 3.55. The van der Waals surface area contributed by atoms with Gasteiger partial charge in [0.2, 0.25) is 0 Å². The molecule has 0 saturated heterocycles. The number of fused-ring (bicyclic) bond motifs is 1. The summed E-state index contributed by atoms with van der Waals surface area (Å²) in [5, 5.41) is 20.8. The van der Waals surface area contributed by atoms with Crippen LogP contribution in [-0.2, 0) is 19.6 Å². The van der Waals surface area contributed by atoms with Crippen molar-refractivity contribution in [3.8, 4) is 17.2 Å². The Labute approximate surface area is 216 Å². The van der Waals surface area contributed by atoms with Crippen LogP contribution >= 0.6 is 0 Å². The van der Waals surface area contributed by atoms with E-state index in [-0.39, 0.29) is 23.4 Å². The van der Waals surface area contributed by atoms with Gasteiger partial charge in [-0.25, -0.2) is 0 Å². The summed E-state index contributed by atoms with van der Waals surface area (Å²) in [6.07, 6.45) is 1.51. The maximum Gasteiger partial charge on any atom is 0.258 e. The van der Waals surface area contributed by atoms with Gasteiger partial charge in [0, 0.05) is 32.7 Å². The van der Waals surface area contributed by atoms with Crippen LogP contribution in [0.4, 0.5) is 0 Å². The van der Waals surface area contributed by atoms with Gasteiger partial charge in [-0.15, -0.1) is 0 Å². The summed E-state index contributed by atoms with van der Waals surface area (Å²) >= 11 is 0. The summed E-state index contributed by atoms with van der Waals surface area (Å²) in [6, 6.07) is 11.5. The van der Waals surface area contributed by atoms with Crippen LogP contribution < -0.4 is 4.74 Å². The molecule has 0 saturated carbocycles. The van der Waals surface area contributed by atoms with Crippen molar-refractivity contribution >= 4 is 11.8 Å². The maximum atomic E-state index is 13.4. The molecule has 0 unspecified atom stereocenters. The lowest BCUT2D eigenvalue weighted by Crippen LogP contribution is -2.28. The first kappa shape index (κ1) is 26.1. The molecule has 0 atom stereocenters. The summed E-state index contributed by atoms with van der Waals surface area (Å²) in [5.41, 5.74) is 1.85. The number of carbonyl (C=O) groups is 2. The van der Waals surface area contributed by atoms with Crippen molar-refractivity contribution in [2.75, 3.05) is 33.3 Å². The Bertz CT molecular complexity index is 1250. The third-order valence-electron chi connectivity index (χ3n) is 6.65. The minimum absolute atomic E-state index is 0.0453. The fourth-order valence-corrected chi connectivity index (χ4v) is 4.44. The number of hydrogen-bond acceptors (Lipinski definition) is 7. The fraction of sp³-hybridized carbons (Fsp3) is 0.357. The number of furan rings is 1. The number of amides is 2. The number of likely N-dealkylation sites (N-methyl/N-ethyl adjacent to an activating group) is 1. The Morgan fingerprint density at radius 2 is 1.73 bits per heavy atom. The lowest BCUT2D eigenvalue weighted by Gasteiger charge is -2.19. The quantitative estimate of drug-likeness (QED) is 0.429. The number of benzene rings is 2. The van der Waals surface area contributed by atoms with Gasteiger partial charge in [0.15, 0.2) is 0 Å². The fourth-order valence-electron chi connectivity index (χ4n) is 4.44. The monoisotopic (exact) mass is 507 g/mol. The number of phenolic OH excluding ortho intramolecular Hbond substituents is 2. The van der Waals surface area contributed by atoms with Crippen molar-refractivity contribution in [1.29, 1.82) is 0 Å². The standard InChI is InChI=1S/C28H33N3O6/c1-4-30(5-2)10-12-37-21-9-8-19-16-31(17-20(19)13-21)28(35)24-14-23(25(32)15-26(24)33)27(34)29(3)18-22-7-6-11-36-22/h6-9,11,13-15,32-33H,4-5,10,12,16-18H2,1-3H3. The first-order chi connectivity index (χ1) is 17.8. The van der Waals surface area contributed by atoms with E-state index in [9.17, 15) is 19.8 Å². The highest BCUT2D eigenvalue weighted by atomic mass is 16.5. The van der Waals surface area contributed by atoms with E-state index in [1.807, 2.05) is 18.2 Å². The second-order valence-electron chi connectivity index (χ2n) is 9.09. The van der Waals surface area contributed by atoms with E-state index in [0.717, 1.165) is 42.6 Å². The molecule has 0 radical (unpaired) electrons. The van der Waals surface area contributed by atoms with Gasteiger partial charge in [-0.3, -0.25) is 9.59 Å². The van der Waals surface area contributed by atoms with E-state index in [0.29, 0.717) is 25.5 Å². The van der Waals surface area contributed by atoms with Crippen LogP contribution in [0.5, 0.6) is 17.2 Å². The van der Waals surface area contributed by atoms with Crippen LogP contribution in [0.25, 0.3) is 0 Å². The second-order valence-corrected chi connectivity index (χ2v) is 9.09. The largest absolute Gasteiger partial charge is 0.507 e. The minimum atomic E-state index is -0.501. The summed E-state index contributed by atoms with van der Waals surface area (Å²) in [4.78, 5) is 31.6. The molecular weight excluding hydrogens is 474 g/mol. The number of hydrogen-bond donors (Lipinski definition) is 2. The van der Waals surface area contributed by atoms with Gasteiger partial charge in [-0.1, -0.05) is 19.9 Å². The van der Waals surface area contributed by atoms with Gasteiger partial charge in [0.1, 0.15) is 29.6 Å². The highest BCUT2D eigenvalue weighted by molar-refractivity contribution is 6.03. The molecule has 3 aromatic rings. The molecule has 1 aromatic heterocycles. The van der Waals surface area contributed by atoms with Gasteiger partial charge < -0.3 is 34.1 Å². The maximum absolute atomic E-state index is 13.4. The SMILES string of the molecule is CCN(CC)CCOc1ccc2c(c1)CN(C(=O)c1cc(C(=O)N(C)Cc3ccco3)c(O)cc1O)C2. The topological polar surface area (TPSA) is 107 Å². The van der Waals surface area contributed by atoms with E-state index in [2.05, 4.69) is 18.7 Å². The molecule has 2 amide bonds. The normalized spacial score (nSPS) is 12.6. The van der Waals surface area contributed by atoms with E-state index in [1.54, 1.807) is 24.1 Å². The van der Waals surface area contributed by atoms with Crippen molar-refractivity contribution in [3.05, 3.63) is 76.7 Å². The molecule has 196 valence electrons. The van der Waals surface area contributed by atoms with Gasteiger partial charge in [0.25, 0.3) is 11.8 Å². The third-order valence-corrected chi connectivity index (χ3v) is 6.65. The van der Waals surface area contributed by atoms with Crippen molar-refractivity contribution in [2.24, 2.45) is 0 Å². The number of ether oxygens (including phenoxy) is 1. The van der Waals surface area contributed by atoms with Crippen molar-refractivity contribution in [3.63, 3.8) is 0 Å². The molecule has 1 aliphatic rings. The Hall–Kier alpha value is -3.98. The van der Waals surface area contributed by atoms with Crippen LogP contribution in [0.2, 0.25) is 0 Å². The molecule has 0 fully saturated rings. The Kier molecular flexibility index (Phi) is 8.03. The number of carbonyl (C=O) groups excluding carboxylic acids is 2. The van der Waals surface area contributed by atoms with Gasteiger partial charge in [-0.2, -0.15) is 0 Å². The predicted molar refractivity (Wildman–Crippen MR) is 138 cm³/mol. The zero-order chi connectivity index (χ0) is 26.5. The lowest BCUT2D eigenvalue weighted by molar-refractivity contribution is 0.0748. The molecule has 4 rings (SSSR count). The van der Waals surface area contributed by atoms with Crippen LogP contribution in [-0.4, -0.2) is 70.0 Å². The zero-order valence-electron chi connectivity index (χ0n) is 21.4. The molecule has 0 bridgehead atoms. The number of phenols is 2. The molecule has 0 spiro atoms. The smallest absolute Gasteiger partial charge is 0.258 e. The summed E-state index contributed by atoms with van der Waals surface area (Å²) < 4.78 is 11.2. The third kappa shape index (κ3) is 5.89. The molecule has 2 N–H and O–H groups in total. The Morgan fingerprint density at radius 1 is 1.00 bits per heavy atom. The number of nitrogens with zero attached hydrogens (tertiary/aromatic N) is 3. The average molecular weight is 508 g/mol. The molecule has 1 aliphatic heterocycles. The van der Waals surface area contributed by atoms with Crippen molar-refractivity contribution < 1.29 is 29.0 Å². The van der Waals surface area contributed by atoms with Gasteiger partial charge in [-0.05, 0) is 54.5 Å². The highest BCUT2D eigenvalue weighted by Crippen LogP contribution is 2.33. The molecular formula is C28H33N3O6. The first-order valence-corrected chi connectivity index (χ1v) is 12.4. The van der Waals surface area contributed by atoms with Crippen LogP contribution in [0.1, 0.15) is 51.5 Å². The van der Waals surface area contributed by atoms with Gasteiger partial charge in [0.05, 0.1) is 23.9 Å². The van der Waals surface area contributed by atoms with E-state index in [1.165, 1.54) is 17.2 Å². The molecule has 2 aromatic carbocycles. The summed E-state index contributed by atoms with van der Waals surface area (Å²) in [7, 11) is 1.57. The highest BCUT2D eigenvalue weighted by Gasteiger charge is 2.29. The van der Waals surface area contributed by atoms with E-state index >= 15 is 0 Å². The molecule has 2 heterocycles. The van der Waals surface area contributed by atoms with Crippen LogP contribution in [0.3, 0.4) is 0 Å². The summed E-state index contributed by atoms with van der Waals surface area (Å²) in [6.45, 7) is 8.51. The molecule has 37 heavy (non-hydrogen) atoms. The van der Waals surface area contributed by atoms with E-state index < -0.39 is 17.6 Å². The second kappa shape index (κ2) is 11.4. The van der Waals surface area contributed by atoms with Crippen molar-refractivity contribution in [2.45, 2.75) is 33.5 Å². The predicted octanol–water partition coefficient (Wildman–Crippen LogP) is 3.84.